The molecule has 182 valence electrons. The lowest BCUT2D eigenvalue weighted by molar-refractivity contribution is -0.116. The molecule has 0 bridgehead atoms. The maximum atomic E-state index is 12.6. The van der Waals surface area contributed by atoms with Crippen LogP contribution in [-0.2, 0) is 40.1 Å². The number of amides is 1. The van der Waals surface area contributed by atoms with Gasteiger partial charge in [0, 0.05) is 22.9 Å². The van der Waals surface area contributed by atoms with Crippen LogP contribution in [-0.4, -0.2) is 30.8 Å². The van der Waals surface area contributed by atoms with Crippen LogP contribution in [0.25, 0.3) is 0 Å². The number of nitriles is 1. The molecular weight excluding hydrogens is 486 g/mol. The lowest BCUT2D eigenvalue weighted by Crippen LogP contribution is -2.21. The van der Waals surface area contributed by atoms with Crippen LogP contribution in [0, 0.1) is 17.2 Å². The third kappa shape index (κ3) is 6.59. The second-order valence-electron chi connectivity index (χ2n) is 8.10. The molecule has 4 rings (SSSR count). The molecule has 2 heterocycles. The van der Waals surface area contributed by atoms with E-state index in [-0.39, 0.29) is 25.0 Å². The van der Waals surface area contributed by atoms with Gasteiger partial charge in [-0.15, -0.1) is 22.7 Å². The predicted octanol–water partition coefficient (Wildman–Crippen LogP) is 5.11. The largest absolute Gasteiger partial charge is 0.508 e. The summed E-state index contributed by atoms with van der Waals surface area (Å²) in [7, 11) is 1.61. The van der Waals surface area contributed by atoms with Gasteiger partial charge in [-0.2, -0.15) is 5.26 Å². The number of carbonyl (C=O) groups is 2. The Morgan fingerprint density at radius 3 is 2.97 bits per heavy atom. The number of aryl methyl sites for hydroxylation is 1. The second kappa shape index (κ2) is 11.8. The molecule has 0 saturated carbocycles. The van der Waals surface area contributed by atoms with Crippen LogP contribution in [0.2, 0.25) is 0 Å². The number of hydrogen-bond acceptors (Lipinski definition) is 9. The lowest BCUT2D eigenvalue weighted by atomic mass is 9.88. The first-order valence-electron chi connectivity index (χ1n) is 11.2. The summed E-state index contributed by atoms with van der Waals surface area (Å²) in [6.45, 7) is 0.348. The van der Waals surface area contributed by atoms with Gasteiger partial charge >= 0.3 is 6.16 Å². The molecule has 0 saturated heterocycles. The number of benzene rings is 1. The van der Waals surface area contributed by atoms with Crippen molar-refractivity contribution in [2.45, 2.75) is 38.7 Å². The summed E-state index contributed by atoms with van der Waals surface area (Å²) >= 11 is 2.85. The van der Waals surface area contributed by atoms with Crippen LogP contribution < -0.4 is 10.1 Å². The zero-order valence-corrected chi connectivity index (χ0v) is 20.9. The Kier molecular flexibility index (Phi) is 8.34. The van der Waals surface area contributed by atoms with Crippen molar-refractivity contribution in [2.24, 2.45) is 5.92 Å². The van der Waals surface area contributed by atoms with Gasteiger partial charge in [0.1, 0.15) is 28.4 Å². The van der Waals surface area contributed by atoms with Crippen LogP contribution in [0.4, 0.5) is 9.80 Å². The Bertz CT molecular complexity index is 1220. The molecule has 1 aliphatic carbocycles. The Balaban J connectivity index is 1.29. The average Bonchev–Trinajstić information content (AvgIpc) is 3.52. The number of methoxy groups -OCH3 is 1. The summed E-state index contributed by atoms with van der Waals surface area (Å²) in [5, 5.41) is 15.8. The molecular formula is C25H25N3O5S2. The molecule has 35 heavy (non-hydrogen) atoms. The molecule has 1 N–H and O–H groups in total. The standard InChI is InChI=1S/C25H25N3O5S2/c1-31-18-4-2-3-16(11-18)6-8-22(29)28-24-20(13-26)19-7-5-17(12-21(19)35-24)14-32-25(30)33-15-23-27-9-10-34-23/h2-4,9-11,17H,5-8,12,14-15H2,1H3,(H,28,29). The topological polar surface area (TPSA) is 111 Å². The van der Waals surface area contributed by atoms with Crippen LogP contribution >= 0.6 is 22.7 Å². The fourth-order valence-electron chi connectivity index (χ4n) is 3.95. The number of anilines is 1. The Morgan fingerprint density at radius 1 is 1.31 bits per heavy atom. The molecule has 8 nitrogen and oxygen atoms in total. The lowest BCUT2D eigenvalue weighted by Gasteiger charge is -2.21. The van der Waals surface area contributed by atoms with Crippen molar-refractivity contribution in [2.75, 3.05) is 19.0 Å². The van der Waals surface area contributed by atoms with Gasteiger partial charge in [0.2, 0.25) is 5.91 Å². The van der Waals surface area contributed by atoms with Gasteiger partial charge in [0.25, 0.3) is 0 Å². The fraction of sp³-hybridized carbons (Fsp3) is 0.360. The molecule has 0 radical (unpaired) electrons. The summed E-state index contributed by atoms with van der Waals surface area (Å²) in [5.41, 5.74) is 2.55. The first kappa shape index (κ1) is 24.7. The van der Waals surface area contributed by atoms with E-state index in [0.29, 0.717) is 41.3 Å². The quantitative estimate of drug-likeness (QED) is 0.397. The van der Waals surface area contributed by atoms with Crippen molar-refractivity contribution in [3.63, 3.8) is 0 Å². The van der Waals surface area contributed by atoms with E-state index in [9.17, 15) is 14.9 Å². The van der Waals surface area contributed by atoms with Crippen molar-refractivity contribution in [3.8, 4) is 11.8 Å². The number of thiazole rings is 1. The Labute approximate surface area is 211 Å². The first-order valence-corrected chi connectivity index (χ1v) is 12.9. The van der Waals surface area contributed by atoms with Crippen LogP contribution in [0.15, 0.2) is 35.8 Å². The number of carbonyl (C=O) groups excluding carboxylic acids is 2. The molecule has 3 aromatic rings. The van der Waals surface area contributed by atoms with E-state index in [4.69, 9.17) is 14.2 Å². The summed E-state index contributed by atoms with van der Waals surface area (Å²) in [6.07, 6.45) is 4.02. The number of rotatable bonds is 9. The fourth-order valence-corrected chi connectivity index (χ4v) is 5.81. The summed E-state index contributed by atoms with van der Waals surface area (Å²) in [5.74, 6) is 0.759. The average molecular weight is 512 g/mol. The van der Waals surface area contributed by atoms with Crippen LogP contribution in [0.3, 0.4) is 0 Å². The maximum absolute atomic E-state index is 12.6. The van der Waals surface area contributed by atoms with E-state index >= 15 is 0 Å². The van der Waals surface area contributed by atoms with Crippen molar-refractivity contribution >= 4 is 39.7 Å². The normalized spacial score (nSPS) is 14.5. The molecule has 0 spiro atoms. The number of fused-ring (bicyclic) bond motifs is 1. The van der Waals surface area contributed by atoms with Gasteiger partial charge in [0.15, 0.2) is 0 Å². The highest BCUT2D eigenvalue weighted by Crippen LogP contribution is 2.39. The molecule has 1 atom stereocenters. The molecule has 0 aliphatic heterocycles. The summed E-state index contributed by atoms with van der Waals surface area (Å²) in [6, 6.07) is 9.89. The zero-order valence-electron chi connectivity index (χ0n) is 19.2. The minimum atomic E-state index is -0.709. The number of nitrogens with zero attached hydrogens (tertiary/aromatic N) is 2. The molecule has 1 amide bonds. The molecule has 1 aliphatic rings. The summed E-state index contributed by atoms with van der Waals surface area (Å²) < 4.78 is 15.6. The number of hydrogen-bond donors (Lipinski definition) is 1. The van der Waals surface area contributed by atoms with E-state index in [0.717, 1.165) is 28.2 Å². The van der Waals surface area contributed by atoms with Gasteiger partial charge in [-0.05, 0) is 54.9 Å². The Morgan fingerprint density at radius 2 is 2.20 bits per heavy atom. The minimum Gasteiger partial charge on any atom is -0.497 e. The molecule has 0 fully saturated rings. The van der Waals surface area contributed by atoms with E-state index in [1.165, 1.54) is 22.7 Å². The molecule has 10 heteroatoms. The van der Waals surface area contributed by atoms with E-state index < -0.39 is 6.16 Å². The van der Waals surface area contributed by atoms with Crippen molar-refractivity contribution in [3.05, 3.63) is 62.4 Å². The number of thiophene rings is 1. The molecule has 1 unspecified atom stereocenters. The van der Waals surface area contributed by atoms with E-state index in [2.05, 4.69) is 16.4 Å². The highest BCUT2D eigenvalue weighted by atomic mass is 32.1. The Hall–Kier alpha value is -3.42. The number of nitrogens with one attached hydrogen (secondary N) is 1. The van der Waals surface area contributed by atoms with E-state index in [1.54, 1.807) is 13.3 Å². The van der Waals surface area contributed by atoms with Crippen molar-refractivity contribution in [1.82, 2.24) is 4.98 Å². The van der Waals surface area contributed by atoms with Gasteiger partial charge in [-0.3, -0.25) is 4.79 Å². The van der Waals surface area contributed by atoms with Crippen molar-refractivity contribution in [1.29, 1.82) is 5.26 Å². The molecule has 2 aromatic heterocycles. The zero-order chi connectivity index (χ0) is 24.6. The first-order chi connectivity index (χ1) is 17.1. The van der Waals surface area contributed by atoms with Gasteiger partial charge in [-0.1, -0.05) is 12.1 Å². The monoisotopic (exact) mass is 511 g/mol. The second-order valence-corrected chi connectivity index (χ2v) is 10.2. The van der Waals surface area contributed by atoms with Gasteiger partial charge in [0.05, 0.1) is 19.3 Å². The smallest absolute Gasteiger partial charge is 0.497 e. The van der Waals surface area contributed by atoms with Crippen molar-refractivity contribution < 1.29 is 23.8 Å². The van der Waals surface area contributed by atoms with Crippen LogP contribution in [0.1, 0.15) is 39.4 Å². The van der Waals surface area contributed by atoms with Gasteiger partial charge < -0.3 is 19.5 Å². The molecule has 1 aromatic carbocycles. The van der Waals surface area contributed by atoms with Gasteiger partial charge in [-0.25, -0.2) is 9.78 Å². The third-order valence-corrected chi connectivity index (χ3v) is 7.66. The van der Waals surface area contributed by atoms with Crippen LogP contribution in [0.5, 0.6) is 5.75 Å². The predicted molar refractivity (Wildman–Crippen MR) is 133 cm³/mol. The maximum Gasteiger partial charge on any atom is 0.508 e. The number of aromatic nitrogens is 1. The highest BCUT2D eigenvalue weighted by Gasteiger charge is 2.27. The SMILES string of the molecule is COc1cccc(CCC(=O)Nc2sc3c(c2C#N)CCC(COC(=O)OCc2nccs2)C3)c1. The van der Waals surface area contributed by atoms with E-state index in [1.807, 2.05) is 29.6 Å². The third-order valence-electron chi connectivity index (χ3n) is 5.74. The highest BCUT2D eigenvalue weighted by molar-refractivity contribution is 7.16. The number of ether oxygens (including phenoxy) is 3. The minimum absolute atomic E-state index is 0.0998. The summed E-state index contributed by atoms with van der Waals surface area (Å²) in [4.78, 5) is 29.6.